The van der Waals surface area contributed by atoms with Gasteiger partial charge in [0.25, 0.3) is 5.91 Å². The van der Waals surface area contributed by atoms with Crippen LogP contribution < -0.4 is 0 Å². The molecule has 100 valence electrons. The lowest BCUT2D eigenvalue weighted by Gasteiger charge is -2.17. The molecular weight excluding hydrogens is 322 g/mol. The molecule has 1 aromatic carbocycles. The maximum absolute atomic E-state index is 12.4. The predicted molar refractivity (Wildman–Crippen MR) is 83.7 cm³/mol. The van der Waals surface area contributed by atoms with Gasteiger partial charge in [0, 0.05) is 22.0 Å². The normalized spacial score (nSPS) is 10.5. The van der Waals surface area contributed by atoms with Gasteiger partial charge < -0.3 is 4.90 Å². The molecular formula is C15H16BrNOS. The van der Waals surface area contributed by atoms with E-state index in [1.165, 1.54) is 10.4 Å². The van der Waals surface area contributed by atoms with Crippen LogP contribution in [0.3, 0.4) is 0 Å². The first-order valence-electron chi connectivity index (χ1n) is 6.03. The van der Waals surface area contributed by atoms with Crippen molar-refractivity contribution >= 4 is 33.2 Å². The molecule has 0 N–H and O–H groups in total. The monoisotopic (exact) mass is 337 g/mol. The van der Waals surface area contributed by atoms with E-state index in [1.807, 2.05) is 32.2 Å². The Kier molecular flexibility index (Phi) is 4.42. The highest BCUT2D eigenvalue weighted by Gasteiger charge is 2.14. The Morgan fingerprint density at radius 2 is 2.05 bits per heavy atom. The number of carbonyl (C=O) groups is 1. The second-order valence-corrected chi connectivity index (χ2v) is 6.62. The van der Waals surface area contributed by atoms with Crippen molar-refractivity contribution in [3.8, 4) is 0 Å². The summed E-state index contributed by atoms with van der Waals surface area (Å²) >= 11 is 5.13. The van der Waals surface area contributed by atoms with E-state index in [-0.39, 0.29) is 5.91 Å². The SMILES string of the molecule is Cc1cc(Br)cc(C(=O)N(C)Cc2sccc2C)c1. The van der Waals surface area contributed by atoms with E-state index in [9.17, 15) is 4.79 Å². The van der Waals surface area contributed by atoms with E-state index in [4.69, 9.17) is 0 Å². The van der Waals surface area contributed by atoms with Crippen LogP contribution in [-0.2, 0) is 6.54 Å². The van der Waals surface area contributed by atoms with Gasteiger partial charge in [-0.25, -0.2) is 0 Å². The third-order valence-corrected chi connectivity index (χ3v) is 4.45. The molecule has 0 fully saturated rings. The molecule has 2 aromatic rings. The third-order valence-electron chi connectivity index (χ3n) is 2.98. The van der Waals surface area contributed by atoms with Crippen LogP contribution in [0.5, 0.6) is 0 Å². The second-order valence-electron chi connectivity index (χ2n) is 4.71. The van der Waals surface area contributed by atoms with Gasteiger partial charge in [-0.2, -0.15) is 0 Å². The van der Waals surface area contributed by atoms with Crippen LogP contribution in [0.1, 0.15) is 26.4 Å². The number of thiophene rings is 1. The fourth-order valence-corrected chi connectivity index (χ4v) is 3.50. The summed E-state index contributed by atoms with van der Waals surface area (Å²) in [7, 11) is 1.84. The number of benzene rings is 1. The molecule has 0 radical (unpaired) electrons. The lowest BCUT2D eigenvalue weighted by Crippen LogP contribution is -2.26. The van der Waals surface area contributed by atoms with Crippen LogP contribution in [0.25, 0.3) is 0 Å². The summed E-state index contributed by atoms with van der Waals surface area (Å²) in [6.07, 6.45) is 0. The van der Waals surface area contributed by atoms with Crippen molar-refractivity contribution in [2.24, 2.45) is 0 Å². The largest absolute Gasteiger partial charge is 0.337 e. The summed E-state index contributed by atoms with van der Waals surface area (Å²) in [5.74, 6) is 0.0530. The average Bonchev–Trinajstić information content (AvgIpc) is 2.72. The highest BCUT2D eigenvalue weighted by Crippen LogP contribution is 2.20. The summed E-state index contributed by atoms with van der Waals surface area (Å²) in [5, 5.41) is 2.06. The molecule has 1 heterocycles. The van der Waals surface area contributed by atoms with Crippen molar-refractivity contribution in [2.75, 3.05) is 7.05 Å². The topological polar surface area (TPSA) is 20.3 Å². The standard InChI is InChI=1S/C15H16BrNOS/c1-10-6-12(8-13(16)7-10)15(18)17(3)9-14-11(2)4-5-19-14/h4-8H,9H2,1-3H3. The van der Waals surface area contributed by atoms with Crippen LogP contribution in [0.4, 0.5) is 0 Å². The summed E-state index contributed by atoms with van der Waals surface area (Å²) in [6, 6.07) is 7.87. The minimum Gasteiger partial charge on any atom is -0.337 e. The Morgan fingerprint density at radius 3 is 2.63 bits per heavy atom. The van der Waals surface area contributed by atoms with Gasteiger partial charge in [-0.15, -0.1) is 11.3 Å². The van der Waals surface area contributed by atoms with Crippen molar-refractivity contribution in [2.45, 2.75) is 20.4 Å². The van der Waals surface area contributed by atoms with Gasteiger partial charge in [0.15, 0.2) is 0 Å². The van der Waals surface area contributed by atoms with Gasteiger partial charge in [-0.3, -0.25) is 4.79 Å². The quantitative estimate of drug-likeness (QED) is 0.812. The minimum atomic E-state index is 0.0530. The molecule has 1 aromatic heterocycles. The minimum absolute atomic E-state index is 0.0530. The Balaban J connectivity index is 2.17. The first-order valence-corrected chi connectivity index (χ1v) is 7.70. The summed E-state index contributed by atoms with van der Waals surface area (Å²) in [5.41, 5.74) is 3.05. The maximum atomic E-state index is 12.4. The van der Waals surface area contributed by atoms with E-state index in [2.05, 4.69) is 34.3 Å². The molecule has 4 heteroatoms. The number of hydrogen-bond donors (Lipinski definition) is 0. The zero-order valence-electron chi connectivity index (χ0n) is 11.2. The Morgan fingerprint density at radius 1 is 1.32 bits per heavy atom. The van der Waals surface area contributed by atoms with Crippen molar-refractivity contribution in [3.05, 3.63) is 55.7 Å². The molecule has 0 atom stereocenters. The number of aryl methyl sites for hydroxylation is 2. The molecule has 0 saturated carbocycles. The number of nitrogens with zero attached hydrogens (tertiary/aromatic N) is 1. The smallest absolute Gasteiger partial charge is 0.253 e. The van der Waals surface area contributed by atoms with Gasteiger partial charge in [0.1, 0.15) is 0 Å². The van der Waals surface area contributed by atoms with Gasteiger partial charge in [0.05, 0.1) is 6.54 Å². The lowest BCUT2D eigenvalue weighted by atomic mass is 10.1. The Hall–Kier alpha value is -1.13. The third kappa shape index (κ3) is 3.45. The highest BCUT2D eigenvalue weighted by molar-refractivity contribution is 9.10. The van der Waals surface area contributed by atoms with Gasteiger partial charge >= 0.3 is 0 Å². The Bertz CT molecular complexity index is 586. The summed E-state index contributed by atoms with van der Waals surface area (Å²) in [4.78, 5) is 15.4. The number of carbonyl (C=O) groups excluding carboxylic acids is 1. The van der Waals surface area contributed by atoms with E-state index >= 15 is 0 Å². The highest BCUT2D eigenvalue weighted by atomic mass is 79.9. The van der Waals surface area contributed by atoms with Crippen LogP contribution in [-0.4, -0.2) is 17.9 Å². The first kappa shape index (κ1) is 14.3. The maximum Gasteiger partial charge on any atom is 0.253 e. The number of halogens is 1. The van der Waals surface area contributed by atoms with E-state index in [0.717, 1.165) is 15.6 Å². The lowest BCUT2D eigenvalue weighted by molar-refractivity contribution is 0.0786. The predicted octanol–water partition coefficient (Wildman–Crippen LogP) is 4.40. The second kappa shape index (κ2) is 5.88. The molecule has 0 unspecified atom stereocenters. The van der Waals surface area contributed by atoms with Crippen molar-refractivity contribution in [3.63, 3.8) is 0 Å². The van der Waals surface area contributed by atoms with Crippen LogP contribution >= 0.6 is 27.3 Å². The molecule has 1 amide bonds. The fraction of sp³-hybridized carbons (Fsp3) is 0.267. The van der Waals surface area contributed by atoms with E-state index < -0.39 is 0 Å². The molecule has 0 aliphatic carbocycles. The molecule has 2 rings (SSSR count). The van der Waals surface area contributed by atoms with Crippen LogP contribution in [0.2, 0.25) is 0 Å². The summed E-state index contributed by atoms with van der Waals surface area (Å²) < 4.78 is 0.941. The molecule has 2 nitrogen and oxygen atoms in total. The zero-order valence-corrected chi connectivity index (χ0v) is 13.6. The van der Waals surface area contributed by atoms with Gasteiger partial charge in [0.2, 0.25) is 0 Å². The fourth-order valence-electron chi connectivity index (χ4n) is 1.93. The number of hydrogen-bond acceptors (Lipinski definition) is 2. The molecule has 0 aliphatic heterocycles. The molecule has 0 spiro atoms. The van der Waals surface area contributed by atoms with Crippen molar-refractivity contribution in [1.82, 2.24) is 4.90 Å². The van der Waals surface area contributed by atoms with Crippen LogP contribution in [0, 0.1) is 13.8 Å². The molecule has 0 aliphatic rings. The first-order chi connectivity index (χ1) is 8.97. The molecule has 0 saturated heterocycles. The molecule has 19 heavy (non-hydrogen) atoms. The summed E-state index contributed by atoms with van der Waals surface area (Å²) in [6.45, 7) is 4.73. The zero-order chi connectivity index (χ0) is 14.0. The average molecular weight is 338 g/mol. The van der Waals surface area contributed by atoms with E-state index in [0.29, 0.717) is 6.54 Å². The van der Waals surface area contributed by atoms with Gasteiger partial charge in [-0.05, 0) is 54.6 Å². The Labute approximate surface area is 126 Å². The van der Waals surface area contributed by atoms with Gasteiger partial charge in [-0.1, -0.05) is 15.9 Å². The number of amides is 1. The molecule has 0 bridgehead atoms. The van der Waals surface area contributed by atoms with E-state index in [1.54, 1.807) is 16.2 Å². The van der Waals surface area contributed by atoms with Crippen molar-refractivity contribution < 1.29 is 4.79 Å². The van der Waals surface area contributed by atoms with Crippen LogP contribution in [0.15, 0.2) is 34.1 Å². The number of rotatable bonds is 3. The van der Waals surface area contributed by atoms with Crippen molar-refractivity contribution in [1.29, 1.82) is 0 Å².